The second kappa shape index (κ2) is 4.09. The lowest BCUT2D eigenvalue weighted by molar-refractivity contribution is 1.37. The molecule has 2 heteroatoms. The summed E-state index contributed by atoms with van der Waals surface area (Å²) in [5.74, 6) is 0. The lowest BCUT2D eigenvalue weighted by atomic mass is 10.1. The Labute approximate surface area is 88.0 Å². The first kappa shape index (κ1) is 11.2. The van der Waals surface area contributed by atoms with Crippen LogP contribution in [-0.4, -0.2) is 14.5 Å². The van der Waals surface area contributed by atoms with Crippen LogP contribution in [0.3, 0.4) is 0 Å². The lowest BCUT2D eigenvalue weighted by Crippen LogP contribution is -2.16. The highest BCUT2D eigenvalue weighted by atomic mass is 28.3. The SMILES string of the molecule is Cc1cc(C)cc(/C=N/[Si](C)(C)C)c1. The van der Waals surface area contributed by atoms with Crippen molar-refractivity contribution in [3.05, 3.63) is 34.9 Å². The van der Waals surface area contributed by atoms with Crippen LogP contribution in [0.2, 0.25) is 19.6 Å². The molecule has 0 heterocycles. The summed E-state index contributed by atoms with van der Waals surface area (Å²) in [7, 11) is -1.31. The van der Waals surface area contributed by atoms with E-state index in [9.17, 15) is 0 Å². The van der Waals surface area contributed by atoms with Crippen molar-refractivity contribution >= 4 is 14.5 Å². The van der Waals surface area contributed by atoms with Gasteiger partial charge in [-0.15, -0.1) is 0 Å². The fraction of sp³-hybridized carbons (Fsp3) is 0.417. The largest absolute Gasteiger partial charge is 0.329 e. The minimum absolute atomic E-state index is 1.23. The van der Waals surface area contributed by atoms with E-state index in [2.05, 4.69) is 56.3 Å². The maximum Gasteiger partial charge on any atom is 0.172 e. The quantitative estimate of drug-likeness (QED) is 0.517. The summed E-state index contributed by atoms with van der Waals surface area (Å²) >= 11 is 0. The summed E-state index contributed by atoms with van der Waals surface area (Å²) < 4.78 is 4.62. The topological polar surface area (TPSA) is 12.4 Å². The fourth-order valence-corrected chi connectivity index (χ4v) is 1.89. The van der Waals surface area contributed by atoms with Crippen molar-refractivity contribution in [2.45, 2.75) is 33.5 Å². The number of nitrogens with zero attached hydrogens (tertiary/aromatic N) is 1. The Morgan fingerprint density at radius 2 is 1.50 bits per heavy atom. The van der Waals surface area contributed by atoms with Gasteiger partial charge in [-0.2, -0.15) is 0 Å². The number of aryl methyl sites for hydroxylation is 2. The predicted molar refractivity (Wildman–Crippen MR) is 66.9 cm³/mol. The molecule has 0 unspecified atom stereocenters. The zero-order valence-corrected chi connectivity index (χ0v) is 10.8. The van der Waals surface area contributed by atoms with Crippen molar-refractivity contribution < 1.29 is 0 Å². The normalized spacial score (nSPS) is 12.4. The molecular weight excluding hydrogens is 186 g/mol. The van der Waals surface area contributed by atoms with Gasteiger partial charge in [-0.1, -0.05) is 29.3 Å². The van der Waals surface area contributed by atoms with Gasteiger partial charge in [0.25, 0.3) is 0 Å². The zero-order valence-electron chi connectivity index (χ0n) is 9.76. The van der Waals surface area contributed by atoms with Crippen LogP contribution in [0.15, 0.2) is 22.9 Å². The molecule has 0 aromatic heterocycles. The standard InChI is InChI=1S/C12H19NSi/c1-10-6-11(2)8-12(7-10)9-13-14(3,4)5/h6-9H,1-5H3/b13-9+. The summed E-state index contributed by atoms with van der Waals surface area (Å²) in [6.07, 6.45) is 2.02. The number of hydrogen-bond donors (Lipinski definition) is 0. The van der Waals surface area contributed by atoms with Gasteiger partial charge in [0.05, 0.1) is 0 Å². The van der Waals surface area contributed by atoms with Crippen molar-refractivity contribution in [2.75, 3.05) is 0 Å². The molecule has 0 N–H and O–H groups in total. The summed E-state index contributed by atoms with van der Waals surface area (Å²) in [5.41, 5.74) is 3.84. The van der Waals surface area contributed by atoms with Crippen LogP contribution in [0.1, 0.15) is 16.7 Å². The minimum atomic E-state index is -1.31. The number of rotatable bonds is 2. The maximum absolute atomic E-state index is 4.62. The molecule has 0 bridgehead atoms. The maximum atomic E-state index is 4.62. The van der Waals surface area contributed by atoms with E-state index in [1.807, 2.05) is 6.21 Å². The first-order valence-electron chi connectivity index (χ1n) is 5.00. The molecule has 0 saturated carbocycles. The van der Waals surface area contributed by atoms with Crippen molar-refractivity contribution in [3.8, 4) is 0 Å². The molecule has 14 heavy (non-hydrogen) atoms. The summed E-state index contributed by atoms with van der Waals surface area (Å²) in [4.78, 5) is 0. The Hall–Kier alpha value is -0.893. The van der Waals surface area contributed by atoms with E-state index in [0.717, 1.165) is 0 Å². The van der Waals surface area contributed by atoms with Crippen LogP contribution >= 0.6 is 0 Å². The van der Waals surface area contributed by atoms with Gasteiger partial charge in [0, 0.05) is 6.21 Å². The third-order valence-electron chi connectivity index (χ3n) is 1.84. The lowest BCUT2D eigenvalue weighted by Gasteiger charge is -2.08. The van der Waals surface area contributed by atoms with Gasteiger partial charge in [-0.25, -0.2) is 0 Å². The zero-order chi connectivity index (χ0) is 10.8. The average Bonchev–Trinajstić information content (AvgIpc) is 1.97. The van der Waals surface area contributed by atoms with E-state index >= 15 is 0 Å². The van der Waals surface area contributed by atoms with Gasteiger partial charge in [0.15, 0.2) is 8.24 Å². The van der Waals surface area contributed by atoms with Crippen LogP contribution in [0, 0.1) is 13.8 Å². The summed E-state index contributed by atoms with van der Waals surface area (Å²) in [5, 5.41) is 0. The Morgan fingerprint density at radius 3 is 1.93 bits per heavy atom. The van der Waals surface area contributed by atoms with E-state index < -0.39 is 8.24 Å². The molecule has 1 nitrogen and oxygen atoms in total. The van der Waals surface area contributed by atoms with Gasteiger partial charge in [0.2, 0.25) is 0 Å². The van der Waals surface area contributed by atoms with Gasteiger partial charge >= 0.3 is 0 Å². The van der Waals surface area contributed by atoms with Gasteiger partial charge < -0.3 is 4.66 Å². The van der Waals surface area contributed by atoms with E-state index in [4.69, 9.17) is 0 Å². The summed E-state index contributed by atoms with van der Waals surface area (Å²) in [6.45, 7) is 11.0. The summed E-state index contributed by atoms with van der Waals surface area (Å²) in [6, 6.07) is 6.54. The Balaban J connectivity index is 2.92. The Bertz CT molecular complexity index is 328. The fourth-order valence-electron chi connectivity index (χ4n) is 1.35. The molecule has 0 amide bonds. The number of hydrogen-bond acceptors (Lipinski definition) is 1. The molecule has 0 spiro atoms. The van der Waals surface area contributed by atoms with Gasteiger partial charge in [-0.3, -0.25) is 0 Å². The molecule has 0 fully saturated rings. The first-order valence-corrected chi connectivity index (χ1v) is 8.45. The molecule has 1 rings (SSSR count). The molecule has 0 aliphatic rings. The smallest absolute Gasteiger partial charge is 0.172 e. The first-order chi connectivity index (χ1) is 6.37. The minimum Gasteiger partial charge on any atom is -0.329 e. The third kappa shape index (κ3) is 3.88. The second-order valence-corrected chi connectivity index (χ2v) is 9.45. The van der Waals surface area contributed by atoms with Crippen LogP contribution < -0.4 is 0 Å². The van der Waals surface area contributed by atoms with Crippen molar-refractivity contribution in [1.82, 2.24) is 0 Å². The molecule has 0 radical (unpaired) electrons. The highest BCUT2D eigenvalue weighted by molar-refractivity contribution is 6.75. The predicted octanol–water partition coefficient (Wildman–Crippen LogP) is 3.56. The van der Waals surface area contributed by atoms with Crippen LogP contribution in [0.5, 0.6) is 0 Å². The molecular formula is C12H19NSi. The van der Waals surface area contributed by atoms with E-state index in [1.54, 1.807) is 0 Å². The highest BCUT2D eigenvalue weighted by Crippen LogP contribution is 2.08. The molecule has 0 aliphatic heterocycles. The van der Waals surface area contributed by atoms with E-state index in [1.165, 1.54) is 16.7 Å². The molecule has 1 aromatic rings. The second-order valence-electron chi connectivity index (χ2n) is 4.85. The van der Waals surface area contributed by atoms with Crippen molar-refractivity contribution in [2.24, 2.45) is 4.66 Å². The monoisotopic (exact) mass is 205 g/mol. The average molecular weight is 205 g/mol. The van der Waals surface area contributed by atoms with Crippen LogP contribution in [0.4, 0.5) is 0 Å². The third-order valence-corrected chi connectivity index (χ3v) is 2.75. The molecule has 1 aromatic carbocycles. The van der Waals surface area contributed by atoms with Crippen LogP contribution in [0.25, 0.3) is 0 Å². The molecule has 0 aliphatic carbocycles. The van der Waals surface area contributed by atoms with Gasteiger partial charge in [-0.05, 0) is 39.1 Å². The highest BCUT2D eigenvalue weighted by Gasteiger charge is 2.09. The van der Waals surface area contributed by atoms with Crippen LogP contribution in [-0.2, 0) is 0 Å². The molecule has 0 atom stereocenters. The van der Waals surface area contributed by atoms with Crippen molar-refractivity contribution in [1.29, 1.82) is 0 Å². The molecule has 76 valence electrons. The molecule has 0 saturated heterocycles. The Morgan fingerprint density at radius 1 is 1.00 bits per heavy atom. The van der Waals surface area contributed by atoms with E-state index in [-0.39, 0.29) is 0 Å². The van der Waals surface area contributed by atoms with Gasteiger partial charge in [0.1, 0.15) is 0 Å². The van der Waals surface area contributed by atoms with Crippen molar-refractivity contribution in [3.63, 3.8) is 0 Å². The Kier molecular flexibility index (Phi) is 3.27. The number of benzene rings is 1. The van der Waals surface area contributed by atoms with E-state index in [0.29, 0.717) is 0 Å².